The molecule has 1 heteroatoms. The largest absolute Gasteiger partial charge is 0.291 e. The summed E-state index contributed by atoms with van der Waals surface area (Å²) in [7, 11) is 0. The van der Waals surface area contributed by atoms with Crippen LogP contribution in [-0.4, -0.2) is 11.8 Å². The molecule has 0 aromatic carbocycles. The fourth-order valence-electron chi connectivity index (χ4n) is 3.38. The van der Waals surface area contributed by atoms with Gasteiger partial charge in [-0.05, 0) is 38.5 Å². The summed E-state index contributed by atoms with van der Waals surface area (Å²) in [6, 6.07) is 0.617. The van der Waals surface area contributed by atoms with Crippen LogP contribution in [0, 0.1) is 0 Å². The Kier molecular flexibility index (Phi) is 18.7. The second-order valence-corrected chi connectivity index (χ2v) is 7.61. The highest BCUT2D eigenvalue weighted by Gasteiger charge is 2.09. The monoisotopic (exact) mass is 337 g/mol. The fourth-order valence-corrected chi connectivity index (χ4v) is 3.38. The molecule has 0 saturated heterocycles. The van der Waals surface area contributed by atoms with Crippen molar-refractivity contribution in [2.75, 3.05) is 0 Å². The third kappa shape index (κ3) is 15.2. The molecule has 0 rings (SSSR count). The maximum absolute atomic E-state index is 5.31. The molecule has 0 spiro atoms. The second kappa shape index (κ2) is 19.0. The van der Waals surface area contributed by atoms with E-state index >= 15 is 0 Å². The Hall–Kier alpha value is -0.330. The van der Waals surface area contributed by atoms with Gasteiger partial charge in [-0.3, -0.25) is 4.99 Å². The molecule has 0 aromatic heterocycles. The average Bonchev–Trinajstić information content (AvgIpc) is 2.58. The van der Waals surface area contributed by atoms with Gasteiger partial charge in [0.1, 0.15) is 0 Å². The standard InChI is InChI=1S/C23H47N/c1-5-9-13-17-21-23(20-16-12-8-4)24-22(18-14-10-6-2)19-15-11-7-3/h23H,5-21H2,1-4H3. The summed E-state index contributed by atoms with van der Waals surface area (Å²) in [5.41, 5.74) is 1.55. The molecule has 0 fully saturated rings. The van der Waals surface area contributed by atoms with Gasteiger partial charge in [0.05, 0.1) is 0 Å². The van der Waals surface area contributed by atoms with Crippen molar-refractivity contribution >= 4 is 5.71 Å². The van der Waals surface area contributed by atoms with Crippen LogP contribution in [0.1, 0.15) is 137 Å². The molecule has 0 amide bonds. The SMILES string of the molecule is CCCCCCC(CCCCC)N=C(CCCCC)CCCCC. The number of nitrogens with zero attached hydrogens (tertiary/aromatic N) is 1. The zero-order valence-corrected chi connectivity index (χ0v) is 17.5. The molecule has 0 heterocycles. The van der Waals surface area contributed by atoms with Crippen LogP contribution in [0.3, 0.4) is 0 Å². The Balaban J connectivity index is 4.56. The molecule has 24 heavy (non-hydrogen) atoms. The smallest absolute Gasteiger partial charge is 0.0499 e. The van der Waals surface area contributed by atoms with Gasteiger partial charge in [0.25, 0.3) is 0 Å². The number of hydrogen-bond acceptors (Lipinski definition) is 1. The summed E-state index contributed by atoms with van der Waals surface area (Å²) in [4.78, 5) is 5.31. The summed E-state index contributed by atoms with van der Waals surface area (Å²) >= 11 is 0. The Morgan fingerprint density at radius 3 is 1.46 bits per heavy atom. The van der Waals surface area contributed by atoms with Crippen molar-refractivity contribution in [2.45, 2.75) is 143 Å². The molecule has 1 nitrogen and oxygen atoms in total. The molecular formula is C23H47N. The normalized spacial score (nSPS) is 12.3. The molecule has 0 aromatic rings. The van der Waals surface area contributed by atoms with Crippen LogP contribution in [0.4, 0.5) is 0 Å². The summed E-state index contributed by atoms with van der Waals surface area (Å²) < 4.78 is 0. The molecule has 0 aliphatic heterocycles. The minimum absolute atomic E-state index is 0.617. The Labute approximate surface area is 154 Å². The lowest BCUT2D eigenvalue weighted by Crippen LogP contribution is -2.10. The molecule has 0 bridgehead atoms. The minimum atomic E-state index is 0.617. The lowest BCUT2D eigenvalue weighted by molar-refractivity contribution is 0.497. The van der Waals surface area contributed by atoms with E-state index in [0.717, 1.165) is 0 Å². The third-order valence-electron chi connectivity index (χ3n) is 5.03. The quantitative estimate of drug-likeness (QED) is 0.175. The van der Waals surface area contributed by atoms with Gasteiger partial charge in [0.15, 0.2) is 0 Å². The van der Waals surface area contributed by atoms with Crippen molar-refractivity contribution in [2.24, 2.45) is 4.99 Å². The lowest BCUT2D eigenvalue weighted by atomic mass is 10.00. The van der Waals surface area contributed by atoms with E-state index in [1.165, 1.54) is 109 Å². The zero-order valence-electron chi connectivity index (χ0n) is 17.5. The number of hydrogen-bond donors (Lipinski definition) is 0. The molecule has 0 radical (unpaired) electrons. The van der Waals surface area contributed by atoms with Gasteiger partial charge in [0, 0.05) is 11.8 Å². The van der Waals surface area contributed by atoms with E-state index in [1.54, 1.807) is 5.71 Å². The van der Waals surface area contributed by atoms with Gasteiger partial charge < -0.3 is 0 Å². The van der Waals surface area contributed by atoms with E-state index in [2.05, 4.69) is 27.7 Å². The molecule has 1 unspecified atom stereocenters. The molecule has 0 N–H and O–H groups in total. The van der Waals surface area contributed by atoms with E-state index in [4.69, 9.17) is 4.99 Å². The van der Waals surface area contributed by atoms with E-state index < -0.39 is 0 Å². The highest BCUT2D eigenvalue weighted by Crippen LogP contribution is 2.18. The minimum Gasteiger partial charge on any atom is -0.291 e. The second-order valence-electron chi connectivity index (χ2n) is 7.61. The topological polar surface area (TPSA) is 12.4 Å². The maximum atomic E-state index is 5.31. The van der Waals surface area contributed by atoms with Crippen molar-refractivity contribution in [3.8, 4) is 0 Å². The van der Waals surface area contributed by atoms with Gasteiger partial charge >= 0.3 is 0 Å². The lowest BCUT2D eigenvalue weighted by Gasteiger charge is -2.16. The Bertz CT molecular complexity index is 257. The molecular weight excluding hydrogens is 290 g/mol. The highest BCUT2D eigenvalue weighted by atomic mass is 14.8. The van der Waals surface area contributed by atoms with Crippen LogP contribution in [0.15, 0.2) is 4.99 Å². The van der Waals surface area contributed by atoms with Crippen LogP contribution < -0.4 is 0 Å². The van der Waals surface area contributed by atoms with Gasteiger partial charge in [-0.15, -0.1) is 0 Å². The fraction of sp³-hybridized carbons (Fsp3) is 0.957. The van der Waals surface area contributed by atoms with Crippen molar-refractivity contribution in [3.63, 3.8) is 0 Å². The predicted molar refractivity (Wildman–Crippen MR) is 112 cm³/mol. The van der Waals surface area contributed by atoms with Gasteiger partial charge in [-0.2, -0.15) is 0 Å². The molecule has 0 aliphatic carbocycles. The van der Waals surface area contributed by atoms with E-state index in [9.17, 15) is 0 Å². The summed E-state index contributed by atoms with van der Waals surface area (Å²) in [6.07, 6.45) is 22.8. The Morgan fingerprint density at radius 2 is 0.958 bits per heavy atom. The molecule has 0 saturated carbocycles. The first-order chi connectivity index (χ1) is 11.8. The van der Waals surface area contributed by atoms with Crippen LogP contribution in [0.2, 0.25) is 0 Å². The third-order valence-corrected chi connectivity index (χ3v) is 5.03. The van der Waals surface area contributed by atoms with Gasteiger partial charge in [0.2, 0.25) is 0 Å². The first-order valence-electron chi connectivity index (χ1n) is 11.3. The van der Waals surface area contributed by atoms with Crippen LogP contribution >= 0.6 is 0 Å². The first kappa shape index (κ1) is 23.7. The predicted octanol–water partition coefficient (Wildman–Crippen LogP) is 8.51. The van der Waals surface area contributed by atoms with E-state index in [1.807, 2.05) is 0 Å². The van der Waals surface area contributed by atoms with E-state index in [0.29, 0.717) is 6.04 Å². The average molecular weight is 338 g/mol. The van der Waals surface area contributed by atoms with Crippen molar-refractivity contribution in [3.05, 3.63) is 0 Å². The van der Waals surface area contributed by atoms with Crippen molar-refractivity contribution in [1.82, 2.24) is 0 Å². The van der Waals surface area contributed by atoms with Gasteiger partial charge in [-0.1, -0.05) is 98.3 Å². The molecule has 144 valence electrons. The first-order valence-corrected chi connectivity index (χ1v) is 11.3. The van der Waals surface area contributed by atoms with Crippen molar-refractivity contribution in [1.29, 1.82) is 0 Å². The zero-order chi connectivity index (χ0) is 17.9. The number of rotatable bonds is 18. The Morgan fingerprint density at radius 1 is 0.542 bits per heavy atom. The number of unbranched alkanes of at least 4 members (excludes halogenated alkanes) is 9. The van der Waals surface area contributed by atoms with Crippen LogP contribution in [0.25, 0.3) is 0 Å². The van der Waals surface area contributed by atoms with Crippen molar-refractivity contribution < 1.29 is 0 Å². The molecule has 0 aliphatic rings. The maximum Gasteiger partial charge on any atom is 0.0499 e. The summed E-state index contributed by atoms with van der Waals surface area (Å²) in [5, 5.41) is 0. The summed E-state index contributed by atoms with van der Waals surface area (Å²) in [6.45, 7) is 9.21. The van der Waals surface area contributed by atoms with Gasteiger partial charge in [-0.25, -0.2) is 0 Å². The van der Waals surface area contributed by atoms with Crippen LogP contribution in [-0.2, 0) is 0 Å². The summed E-state index contributed by atoms with van der Waals surface area (Å²) in [5.74, 6) is 0. The number of aliphatic imine (C=N–C) groups is 1. The molecule has 1 atom stereocenters. The van der Waals surface area contributed by atoms with E-state index in [-0.39, 0.29) is 0 Å². The highest BCUT2D eigenvalue weighted by molar-refractivity contribution is 5.84. The van der Waals surface area contributed by atoms with Crippen LogP contribution in [0.5, 0.6) is 0 Å².